The second-order valence-electron chi connectivity index (χ2n) is 4.95. The Hall–Kier alpha value is 0.177. The fraction of sp³-hybridized carbons (Fsp3) is 1.00. The van der Waals surface area contributed by atoms with Crippen molar-refractivity contribution < 1.29 is 4.43 Å². The summed E-state index contributed by atoms with van der Waals surface area (Å²) >= 11 is 0. The minimum absolute atomic E-state index is 0.104. The summed E-state index contributed by atoms with van der Waals surface area (Å²) < 4.78 is 5.63. The van der Waals surface area contributed by atoms with Crippen LogP contribution in [0.25, 0.3) is 0 Å². The molecule has 0 rings (SSSR count). The first-order valence-corrected chi connectivity index (χ1v) is 7.50. The van der Waals surface area contributed by atoms with E-state index in [2.05, 4.69) is 31.3 Å². The van der Waals surface area contributed by atoms with Gasteiger partial charge in [0.15, 0.2) is 0 Å². The Morgan fingerprint density at radius 3 is 1.75 bits per heavy atom. The number of rotatable bonds is 11. The lowest BCUT2D eigenvalue weighted by Gasteiger charge is -2.32. The highest BCUT2D eigenvalue weighted by Gasteiger charge is 2.26. The van der Waals surface area contributed by atoms with E-state index in [9.17, 15) is 0 Å². The first kappa shape index (κ1) is 16.2. The molecule has 0 atom stereocenters. The van der Waals surface area contributed by atoms with Gasteiger partial charge in [-0.3, -0.25) is 0 Å². The molecule has 2 heteroatoms. The van der Waals surface area contributed by atoms with Gasteiger partial charge in [0.2, 0.25) is 10.5 Å². The van der Waals surface area contributed by atoms with E-state index in [1.54, 1.807) is 0 Å². The van der Waals surface area contributed by atoms with Gasteiger partial charge in [0, 0.05) is 0 Å². The van der Waals surface area contributed by atoms with Gasteiger partial charge in [0.1, 0.15) is 0 Å². The molecule has 0 aliphatic carbocycles. The summed E-state index contributed by atoms with van der Waals surface area (Å²) in [5, 5.41) is 0. The molecule has 0 aromatic rings. The van der Waals surface area contributed by atoms with Gasteiger partial charge < -0.3 is 4.43 Å². The van der Waals surface area contributed by atoms with Gasteiger partial charge in [0.05, 0.1) is 5.60 Å². The predicted octanol–water partition coefficient (Wildman–Crippen LogP) is 4.79. The fourth-order valence-corrected chi connectivity index (χ4v) is 2.80. The zero-order valence-corrected chi connectivity index (χ0v) is 12.5. The third-order valence-corrected chi connectivity index (χ3v) is 3.80. The first-order chi connectivity index (χ1) is 7.74. The first-order valence-electron chi connectivity index (χ1n) is 7.09. The van der Waals surface area contributed by atoms with Gasteiger partial charge in [0.25, 0.3) is 0 Å². The van der Waals surface area contributed by atoms with Crippen LogP contribution in [0, 0.1) is 0 Å². The van der Waals surface area contributed by atoms with E-state index in [1.807, 2.05) is 0 Å². The van der Waals surface area contributed by atoms with Gasteiger partial charge in [-0.1, -0.05) is 65.7 Å². The molecule has 16 heavy (non-hydrogen) atoms. The van der Waals surface area contributed by atoms with E-state index in [4.69, 9.17) is 4.43 Å². The van der Waals surface area contributed by atoms with Crippen molar-refractivity contribution in [2.24, 2.45) is 0 Å². The highest BCUT2D eigenvalue weighted by Crippen LogP contribution is 2.29. The monoisotopic (exact) mass is 241 g/mol. The van der Waals surface area contributed by atoms with Crippen LogP contribution in [0.2, 0.25) is 0 Å². The molecule has 0 aromatic carbocycles. The Labute approximate surface area is 106 Å². The molecule has 0 fully saturated rings. The second kappa shape index (κ2) is 10.3. The SMILES string of the molecule is CCCCCCCC(CCC)(CCC)O[Si]. The Bertz CT molecular complexity index is 142. The van der Waals surface area contributed by atoms with Crippen molar-refractivity contribution in [2.45, 2.75) is 90.6 Å². The largest absolute Gasteiger partial charge is 0.413 e. The summed E-state index contributed by atoms with van der Waals surface area (Å²) in [5.41, 5.74) is 0.104. The normalized spacial score (nSPS) is 12.0. The van der Waals surface area contributed by atoms with Crippen molar-refractivity contribution in [3.8, 4) is 0 Å². The van der Waals surface area contributed by atoms with Crippen molar-refractivity contribution in [3.63, 3.8) is 0 Å². The maximum Gasteiger partial charge on any atom is 0.247 e. The quantitative estimate of drug-likeness (QED) is 0.373. The van der Waals surface area contributed by atoms with Crippen molar-refractivity contribution in [1.29, 1.82) is 0 Å². The molecule has 0 aliphatic rings. The number of hydrogen-bond acceptors (Lipinski definition) is 1. The zero-order valence-electron chi connectivity index (χ0n) is 11.5. The van der Waals surface area contributed by atoms with Crippen LogP contribution in [0.3, 0.4) is 0 Å². The average Bonchev–Trinajstić information content (AvgIpc) is 2.29. The molecule has 0 aliphatic heterocycles. The van der Waals surface area contributed by atoms with Crippen LogP contribution in [0.15, 0.2) is 0 Å². The molecule has 0 aromatic heterocycles. The maximum atomic E-state index is 5.63. The smallest absolute Gasteiger partial charge is 0.247 e. The molecule has 0 saturated carbocycles. The van der Waals surface area contributed by atoms with Gasteiger partial charge >= 0.3 is 0 Å². The summed E-state index contributed by atoms with van der Waals surface area (Å²) in [6, 6.07) is 0. The summed E-state index contributed by atoms with van der Waals surface area (Å²) in [7, 11) is 3.31. The van der Waals surface area contributed by atoms with Crippen LogP contribution >= 0.6 is 0 Å². The Balaban J connectivity index is 3.89. The number of hydrogen-bond donors (Lipinski definition) is 0. The molecule has 1 nitrogen and oxygen atoms in total. The lowest BCUT2D eigenvalue weighted by molar-refractivity contribution is 0.0464. The van der Waals surface area contributed by atoms with Gasteiger partial charge in [-0.2, -0.15) is 0 Å². The van der Waals surface area contributed by atoms with Crippen molar-refractivity contribution >= 4 is 10.5 Å². The second-order valence-corrected chi connectivity index (χ2v) is 5.15. The molecule has 0 amide bonds. The van der Waals surface area contributed by atoms with Crippen molar-refractivity contribution in [2.75, 3.05) is 0 Å². The Morgan fingerprint density at radius 1 is 0.750 bits per heavy atom. The maximum absolute atomic E-state index is 5.63. The zero-order chi connectivity index (χ0) is 12.3. The van der Waals surface area contributed by atoms with Crippen molar-refractivity contribution in [1.82, 2.24) is 0 Å². The van der Waals surface area contributed by atoms with E-state index in [0.29, 0.717) is 0 Å². The summed E-state index contributed by atoms with van der Waals surface area (Å²) in [6.45, 7) is 6.75. The fourth-order valence-electron chi connectivity index (χ4n) is 2.49. The molecule has 0 spiro atoms. The van der Waals surface area contributed by atoms with Crippen molar-refractivity contribution in [3.05, 3.63) is 0 Å². The average molecular weight is 241 g/mol. The summed E-state index contributed by atoms with van der Waals surface area (Å²) in [4.78, 5) is 0. The van der Waals surface area contributed by atoms with E-state index < -0.39 is 0 Å². The van der Waals surface area contributed by atoms with E-state index in [1.165, 1.54) is 64.2 Å². The highest BCUT2D eigenvalue weighted by molar-refractivity contribution is 5.98. The van der Waals surface area contributed by atoms with Crippen LogP contribution in [-0.4, -0.2) is 16.1 Å². The van der Waals surface area contributed by atoms with Crippen LogP contribution in [0.1, 0.15) is 85.0 Å². The topological polar surface area (TPSA) is 9.23 Å². The van der Waals surface area contributed by atoms with Crippen LogP contribution in [0.5, 0.6) is 0 Å². The number of unbranched alkanes of at least 4 members (excludes halogenated alkanes) is 4. The minimum atomic E-state index is 0.104. The van der Waals surface area contributed by atoms with E-state index >= 15 is 0 Å². The molecule has 0 unspecified atom stereocenters. The molecule has 95 valence electrons. The van der Waals surface area contributed by atoms with Gasteiger partial charge in [-0.25, -0.2) is 0 Å². The van der Waals surface area contributed by atoms with E-state index in [0.717, 1.165) is 0 Å². The molecule has 0 saturated heterocycles. The molecular weight excluding hydrogens is 212 g/mol. The predicted molar refractivity (Wildman–Crippen MR) is 72.8 cm³/mol. The lowest BCUT2D eigenvalue weighted by atomic mass is 9.87. The minimum Gasteiger partial charge on any atom is -0.413 e. The molecule has 0 bridgehead atoms. The summed E-state index contributed by atoms with van der Waals surface area (Å²) in [6.07, 6.45) is 12.7. The molecule has 0 N–H and O–H groups in total. The standard InChI is InChI=1S/C14H29OSi/c1-4-7-8-9-10-13-14(15-16,11-5-2)12-6-3/h4-13H2,1-3H3. The van der Waals surface area contributed by atoms with Gasteiger partial charge in [-0.15, -0.1) is 0 Å². The molecular formula is C14H29OSi. The highest BCUT2D eigenvalue weighted by atomic mass is 28.2. The molecule has 3 radical (unpaired) electrons. The Morgan fingerprint density at radius 2 is 1.31 bits per heavy atom. The lowest BCUT2D eigenvalue weighted by Crippen LogP contribution is -2.31. The summed E-state index contributed by atoms with van der Waals surface area (Å²) in [5.74, 6) is 0. The van der Waals surface area contributed by atoms with E-state index in [-0.39, 0.29) is 5.60 Å². The third-order valence-electron chi connectivity index (χ3n) is 3.36. The van der Waals surface area contributed by atoms with Crippen LogP contribution in [-0.2, 0) is 4.43 Å². The van der Waals surface area contributed by atoms with Gasteiger partial charge in [-0.05, 0) is 19.3 Å². The molecule has 0 heterocycles. The Kier molecular flexibility index (Phi) is 10.5. The third kappa shape index (κ3) is 6.69. The van der Waals surface area contributed by atoms with Crippen LogP contribution < -0.4 is 0 Å². The van der Waals surface area contributed by atoms with Crippen LogP contribution in [0.4, 0.5) is 0 Å².